The monoisotopic (exact) mass is 499 g/mol. The van der Waals surface area contributed by atoms with Gasteiger partial charge in [0.2, 0.25) is 5.91 Å². The van der Waals surface area contributed by atoms with Crippen molar-refractivity contribution in [3.05, 3.63) is 74.8 Å². The Hall–Kier alpha value is -2.77. The molecule has 1 aromatic heterocycles. The molecule has 158 valence electrons. The number of carboxylic acid groups (broad SMARTS) is 1. The third-order valence-electron chi connectivity index (χ3n) is 5.28. The number of nitrogens with zero attached hydrogens (tertiary/aromatic N) is 3. The van der Waals surface area contributed by atoms with Crippen LogP contribution in [0.5, 0.6) is 0 Å². The number of carboxylic acids is 1. The first kappa shape index (κ1) is 21.5. The number of hydrogen-bond donors (Lipinski definition) is 1. The van der Waals surface area contributed by atoms with Crippen LogP contribution in [0.15, 0.2) is 58.1 Å². The molecule has 0 aliphatic carbocycles. The predicted octanol–water partition coefficient (Wildman–Crippen LogP) is 5.50. The Morgan fingerprint density at radius 1 is 1.19 bits per heavy atom. The number of fused-ring (bicyclic) bond motifs is 1. The van der Waals surface area contributed by atoms with Gasteiger partial charge in [-0.1, -0.05) is 57.9 Å². The first-order chi connectivity index (χ1) is 14.8. The molecule has 1 aliphatic rings. The number of carbonyl (C=O) groups excluding carboxylic acids is 1. The molecule has 2 heterocycles. The van der Waals surface area contributed by atoms with Crippen molar-refractivity contribution in [2.75, 3.05) is 0 Å². The second kappa shape index (κ2) is 8.77. The van der Waals surface area contributed by atoms with Gasteiger partial charge in [-0.15, -0.1) is 0 Å². The minimum Gasteiger partial charge on any atom is -0.481 e. The largest absolute Gasteiger partial charge is 0.481 e. The summed E-state index contributed by atoms with van der Waals surface area (Å²) in [6.07, 6.45) is 0.0634. The zero-order valence-electron chi connectivity index (χ0n) is 16.7. The summed E-state index contributed by atoms with van der Waals surface area (Å²) < 4.78 is 0.943. The number of hydrazone groups is 1. The maximum Gasteiger partial charge on any atom is 0.303 e. The highest BCUT2D eigenvalue weighted by molar-refractivity contribution is 9.10. The lowest BCUT2D eigenvalue weighted by atomic mass is 9.98. The highest BCUT2D eigenvalue weighted by Gasteiger charge is 2.35. The van der Waals surface area contributed by atoms with E-state index < -0.39 is 12.0 Å². The van der Waals surface area contributed by atoms with Gasteiger partial charge in [0.1, 0.15) is 5.15 Å². The molecule has 1 atom stereocenters. The van der Waals surface area contributed by atoms with Gasteiger partial charge in [-0.2, -0.15) is 5.10 Å². The van der Waals surface area contributed by atoms with Crippen LogP contribution in [0.4, 0.5) is 0 Å². The van der Waals surface area contributed by atoms with Gasteiger partial charge in [-0.25, -0.2) is 9.99 Å². The number of aromatic nitrogens is 1. The van der Waals surface area contributed by atoms with Crippen LogP contribution in [0, 0.1) is 6.92 Å². The summed E-state index contributed by atoms with van der Waals surface area (Å²) in [4.78, 5) is 28.4. The summed E-state index contributed by atoms with van der Waals surface area (Å²) in [6.45, 7) is 1.97. The molecule has 3 aromatic rings. The first-order valence-corrected chi connectivity index (χ1v) is 10.9. The quantitative estimate of drug-likeness (QED) is 0.469. The number of rotatable bonds is 5. The van der Waals surface area contributed by atoms with E-state index in [1.165, 1.54) is 5.01 Å². The molecule has 0 fully saturated rings. The second-order valence-corrected chi connectivity index (χ2v) is 8.69. The zero-order chi connectivity index (χ0) is 22.1. The molecular formula is C23H19BrClN3O3. The van der Waals surface area contributed by atoms with Crippen LogP contribution in [-0.2, 0) is 9.59 Å². The van der Waals surface area contributed by atoms with E-state index in [9.17, 15) is 9.59 Å². The van der Waals surface area contributed by atoms with Crippen LogP contribution in [0.25, 0.3) is 10.9 Å². The van der Waals surface area contributed by atoms with Crippen molar-refractivity contribution in [3.8, 4) is 0 Å². The number of carbonyl (C=O) groups is 2. The van der Waals surface area contributed by atoms with Gasteiger partial charge in [0.15, 0.2) is 0 Å². The van der Waals surface area contributed by atoms with Crippen LogP contribution in [-0.4, -0.2) is 32.7 Å². The summed E-state index contributed by atoms with van der Waals surface area (Å²) in [6, 6.07) is 15.0. The molecule has 6 nitrogen and oxygen atoms in total. The van der Waals surface area contributed by atoms with Gasteiger partial charge < -0.3 is 5.11 Å². The van der Waals surface area contributed by atoms with E-state index in [2.05, 4.69) is 26.0 Å². The molecule has 8 heteroatoms. The van der Waals surface area contributed by atoms with Crippen molar-refractivity contribution >= 4 is 56.0 Å². The van der Waals surface area contributed by atoms with Crippen molar-refractivity contribution < 1.29 is 14.7 Å². The van der Waals surface area contributed by atoms with Crippen molar-refractivity contribution in [1.29, 1.82) is 0 Å². The number of amides is 1. The third-order valence-corrected chi connectivity index (χ3v) is 6.11. The Morgan fingerprint density at radius 3 is 2.65 bits per heavy atom. The second-order valence-electron chi connectivity index (χ2n) is 7.42. The van der Waals surface area contributed by atoms with E-state index in [0.717, 1.165) is 32.2 Å². The van der Waals surface area contributed by atoms with Crippen LogP contribution in [0.1, 0.15) is 42.0 Å². The number of pyridine rings is 1. The Balaban J connectivity index is 1.75. The number of halogens is 2. The Bertz CT molecular complexity index is 1210. The molecule has 0 unspecified atom stereocenters. The lowest BCUT2D eigenvalue weighted by Gasteiger charge is -2.23. The van der Waals surface area contributed by atoms with E-state index in [4.69, 9.17) is 16.7 Å². The zero-order valence-corrected chi connectivity index (χ0v) is 19.0. The number of para-hydroxylation sites is 1. The summed E-state index contributed by atoms with van der Waals surface area (Å²) in [5.74, 6) is -1.39. The van der Waals surface area contributed by atoms with Gasteiger partial charge >= 0.3 is 5.97 Å². The van der Waals surface area contributed by atoms with Crippen LogP contribution >= 0.6 is 27.5 Å². The van der Waals surface area contributed by atoms with Gasteiger partial charge in [0.05, 0.1) is 23.7 Å². The standard InChI is InChI=1S/C23H19BrClN3O3/c1-13-3-2-4-15-11-17(23(25)26-22(13)15)19-12-18(14-5-7-16(24)8-6-14)27-28(19)20(29)9-10-21(30)31/h2-8,11,19H,9-10,12H2,1H3,(H,30,31)/t19-/m0/s1. The van der Waals surface area contributed by atoms with Gasteiger partial charge in [0.25, 0.3) is 0 Å². The number of aryl methyl sites for hydroxylation is 1. The smallest absolute Gasteiger partial charge is 0.303 e. The predicted molar refractivity (Wildman–Crippen MR) is 123 cm³/mol. The lowest BCUT2D eigenvalue weighted by molar-refractivity contribution is -0.141. The lowest BCUT2D eigenvalue weighted by Crippen LogP contribution is -2.27. The molecule has 31 heavy (non-hydrogen) atoms. The van der Waals surface area contributed by atoms with Gasteiger partial charge in [-0.05, 0) is 36.2 Å². The van der Waals surface area contributed by atoms with E-state index in [1.54, 1.807) is 0 Å². The fourth-order valence-corrected chi connectivity index (χ4v) is 4.23. The van der Waals surface area contributed by atoms with E-state index in [0.29, 0.717) is 17.1 Å². The molecule has 0 saturated heterocycles. The molecule has 2 aromatic carbocycles. The summed E-state index contributed by atoms with van der Waals surface area (Å²) in [5.41, 5.74) is 4.15. The number of benzene rings is 2. The molecule has 0 bridgehead atoms. The topological polar surface area (TPSA) is 82.9 Å². The van der Waals surface area contributed by atoms with Crippen LogP contribution in [0.3, 0.4) is 0 Å². The minimum absolute atomic E-state index is 0.138. The molecule has 1 N–H and O–H groups in total. The van der Waals surface area contributed by atoms with Crippen molar-refractivity contribution in [1.82, 2.24) is 9.99 Å². The molecule has 4 rings (SSSR count). The SMILES string of the molecule is Cc1cccc2cc([C@@H]3CC(c4ccc(Br)cc4)=NN3C(=O)CCC(=O)O)c(Cl)nc12. The van der Waals surface area contributed by atoms with E-state index >= 15 is 0 Å². The van der Waals surface area contributed by atoms with Crippen LogP contribution in [0.2, 0.25) is 5.15 Å². The Morgan fingerprint density at radius 2 is 1.94 bits per heavy atom. The van der Waals surface area contributed by atoms with E-state index in [-0.39, 0.29) is 18.7 Å². The van der Waals surface area contributed by atoms with Crippen LogP contribution < -0.4 is 0 Å². The maximum atomic E-state index is 12.9. The Kier molecular flexibility index (Phi) is 6.07. The highest BCUT2D eigenvalue weighted by atomic mass is 79.9. The molecule has 1 amide bonds. The normalized spacial score (nSPS) is 15.9. The van der Waals surface area contributed by atoms with Crippen molar-refractivity contribution in [2.24, 2.45) is 5.10 Å². The highest BCUT2D eigenvalue weighted by Crippen LogP contribution is 2.38. The van der Waals surface area contributed by atoms with Gasteiger partial charge in [-0.3, -0.25) is 9.59 Å². The number of aliphatic carboxylic acids is 1. The number of hydrogen-bond acceptors (Lipinski definition) is 4. The van der Waals surface area contributed by atoms with Crippen molar-refractivity contribution in [3.63, 3.8) is 0 Å². The third kappa shape index (κ3) is 4.48. The fraction of sp³-hybridized carbons (Fsp3) is 0.217. The van der Waals surface area contributed by atoms with Crippen molar-refractivity contribution in [2.45, 2.75) is 32.2 Å². The molecule has 1 aliphatic heterocycles. The minimum atomic E-state index is -1.03. The van der Waals surface area contributed by atoms with Gasteiger partial charge in [0, 0.05) is 28.3 Å². The maximum absolute atomic E-state index is 12.9. The molecule has 0 spiro atoms. The first-order valence-electron chi connectivity index (χ1n) is 9.76. The average Bonchev–Trinajstić information content (AvgIpc) is 3.18. The summed E-state index contributed by atoms with van der Waals surface area (Å²) in [5, 5.41) is 16.2. The summed E-state index contributed by atoms with van der Waals surface area (Å²) in [7, 11) is 0. The Labute approximate surface area is 192 Å². The molecule has 0 radical (unpaired) electrons. The van der Waals surface area contributed by atoms with E-state index in [1.807, 2.05) is 55.5 Å². The summed E-state index contributed by atoms with van der Waals surface area (Å²) >= 11 is 9.99. The fourth-order valence-electron chi connectivity index (χ4n) is 3.70. The molecule has 0 saturated carbocycles. The average molecular weight is 501 g/mol. The molecular weight excluding hydrogens is 482 g/mol.